The zero-order valence-electron chi connectivity index (χ0n) is 30.7. The predicted octanol–water partition coefficient (Wildman–Crippen LogP) is 6.76. The van der Waals surface area contributed by atoms with Crippen LogP contribution in [-0.2, 0) is 26.2 Å². The van der Waals surface area contributed by atoms with Crippen LogP contribution in [0.15, 0.2) is 72.8 Å². The Bertz CT molecular complexity index is 1580. The Labute approximate surface area is 301 Å². The van der Waals surface area contributed by atoms with Gasteiger partial charge in [0.2, 0.25) is 11.8 Å². The summed E-state index contributed by atoms with van der Waals surface area (Å²) in [5.41, 5.74) is 3.35. The van der Waals surface area contributed by atoms with E-state index >= 15 is 0 Å². The standard InChI is InChI=1S/C39H53N7O5/c1-38(2,3)51-37(48)41-23-27-49-26-22-40-34(47)20-12-14-24-46-44-36(43-45-46)39(4,5)21-13-15-25-50-35-29-32(30-16-8-6-9-17-30)28-33(42-35)31-18-10-7-11-19-31/h6-11,16-19,28-29H,12-15,20-27H2,1-5H3,(H,40,47)(H,41,48). The molecule has 51 heavy (non-hydrogen) atoms. The average Bonchev–Trinajstić information content (AvgIpc) is 3.60. The molecular weight excluding hydrogens is 646 g/mol. The van der Waals surface area contributed by atoms with Crippen molar-refractivity contribution in [2.24, 2.45) is 0 Å². The molecule has 2 aromatic heterocycles. The molecule has 0 aliphatic carbocycles. The number of aryl methyl sites for hydroxylation is 1. The first-order chi connectivity index (χ1) is 24.5. The van der Waals surface area contributed by atoms with Gasteiger partial charge >= 0.3 is 6.09 Å². The number of hydrogen-bond acceptors (Lipinski definition) is 9. The first kappa shape index (κ1) is 39.0. The highest BCUT2D eigenvalue weighted by Gasteiger charge is 2.26. The molecule has 0 unspecified atom stereocenters. The molecule has 0 saturated heterocycles. The van der Waals surface area contributed by atoms with Crippen molar-refractivity contribution < 1.29 is 23.8 Å². The molecule has 12 heteroatoms. The van der Waals surface area contributed by atoms with Crippen molar-refractivity contribution in [1.29, 1.82) is 0 Å². The molecule has 0 aliphatic heterocycles. The van der Waals surface area contributed by atoms with Gasteiger partial charge in [0.15, 0.2) is 5.82 Å². The van der Waals surface area contributed by atoms with E-state index in [1.807, 2.05) is 63.2 Å². The average molecular weight is 700 g/mol. The first-order valence-electron chi connectivity index (χ1n) is 17.8. The lowest BCUT2D eigenvalue weighted by atomic mass is 9.86. The third kappa shape index (κ3) is 14.1. The fourth-order valence-corrected chi connectivity index (χ4v) is 5.23. The number of carbonyl (C=O) groups is 2. The van der Waals surface area contributed by atoms with Crippen LogP contribution < -0.4 is 15.4 Å². The Morgan fingerprint density at radius 2 is 1.45 bits per heavy atom. The smallest absolute Gasteiger partial charge is 0.407 e. The summed E-state index contributed by atoms with van der Waals surface area (Å²) in [7, 11) is 0. The third-order valence-electron chi connectivity index (χ3n) is 7.98. The molecule has 0 saturated carbocycles. The molecule has 0 spiro atoms. The van der Waals surface area contributed by atoms with Crippen molar-refractivity contribution >= 4 is 12.0 Å². The van der Waals surface area contributed by atoms with E-state index in [1.54, 1.807) is 4.80 Å². The molecule has 0 radical (unpaired) electrons. The molecule has 2 heterocycles. The normalized spacial score (nSPS) is 11.6. The summed E-state index contributed by atoms with van der Waals surface area (Å²) >= 11 is 0. The number of aromatic nitrogens is 5. The van der Waals surface area contributed by atoms with Gasteiger partial charge in [-0.2, -0.15) is 4.80 Å². The SMILES string of the molecule is CC(C)(C)OC(=O)NCCOCCNC(=O)CCCCn1nnc(C(C)(C)CCCCOc2cc(-c3ccccc3)cc(-c3ccccc3)n2)n1. The van der Waals surface area contributed by atoms with Gasteiger partial charge in [-0.15, -0.1) is 10.2 Å². The zero-order chi connectivity index (χ0) is 36.5. The van der Waals surface area contributed by atoms with Crippen molar-refractivity contribution in [3.8, 4) is 28.3 Å². The Hall–Kier alpha value is -4.84. The van der Waals surface area contributed by atoms with Crippen LogP contribution in [0.2, 0.25) is 0 Å². The van der Waals surface area contributed by atoms with E-state index in [0.29, 0.717) is 64.0 Å². The summed E-state index contributed by atoms with van der Waals surface area (Å²) in [6.07, 6.45) is 4.11. The van der Waals surface area contributed by atoms with E-state index in [4.69, 9.17) is 19.2 Å². The Morgan fingerprint density at radius 1 is 0.765 bits per heavy atom. The minimum Gasteiger partial charge on any atom is -0.478 e. The topological polar surface area (TPSA) is 142 Å². The summed E-state index contributed by atoms with van der Waals surface area (Å²) in [6, 6.07) is 24.6. The molecular formula is C39H53N7O5. The molecule has 274 valence electrons. The second-order valence-electron chi connectivity index (χ2n) is 14.1. The van der Waals surface area contributed by atoms with Gasteiger partial charge in [0.25, 0.3) is 0 Å². The summed E-state index contributed by atoms with van der Waals surface area (Å²) in [4.78, 5) is 30.2. The lowest BCUT2D eigenvalue weighted by molar-refractivity contribution is -0.121. The second-order valence-corrected chi connectivity index (χ2v) is 14.1. The van der Waals surface area contributed by atoms with Gasteiger partial charge in [0, 0.05) is 36.6 Å². The summed E-state index contributed by atoms with van der Waals surface area (Å²) in [5.74, 6) is 1.30. The van der Waals surface area contributed by atoms with Gasteiger partial charge < -0.3 is 24.8 Å². The third-order valence-corrected chi connectivity index (χ3v) is 7.98. The molecule has 12 nitrogen and oxygen atoms in total. The molecule has 0 bridgehead atoms. The number of ether oxygens (including phenoxy) is 3. The fourth-order valence-electron chi connectivity index (χ4n) is 5.23. The van der Waals surface area contributed by atoms with E-state index in [-0.39, 0.29) is 11.3 Å². The number of unbranched alkanes of at least 4 members (excludes halogenated alkanes) is 2. The number of amides is 2. The minimum absolute atomic E-state index is 0.0286. The Kier molecular flexibility index (Phi) is 14.9. The van der Waals surface area contributed by atoms with Crippen molar-refractivity contribution in [3.63, 3.8) is 0 Å². The highest BCUT2D eigenvalue weighted by Crippen LogP contribution is 2.29. The minimum atomic E-state index is -0.538. The van der Waals surface area contributed by atoms with Crippen LogP contribution in [0.25, 0.3) is 22.4 Å². The molecule has 2 N–H and O–H groups in total. The van der Waals surface area contributed by atoms with Gasteiger partial charge in [-0.05, 0) is 75.3 Å². The lowest BCUT2D eigenvalue weighted by Gasteiger charge is -2.20. The number of tetrazole rings is 1. The zero-order valence-corrected chi connectivity index (χ0v) is 30.7. The van der Waals surface area contributed by atoms with Gasteiger partial charge in [0.1, 0.15) is 5.60 Å². The molecule has 0 aliphatic rings. The number of carbonyl (C=O) groups excluding carboxylic acids is 2. The monoisotopic (exact) mass is 699 g/mol. The van der Waals surface area contributed by atoms with Crippen LogP contribution in [0.1, 0.15) is 79.0 Å². The summed E-state index contributed by atoms with van der Waals surface area (Å²) in [5, 5.41) is 18.7. The quantitative estimate of drug-likeness (QED) is 0.0958. The van der Waals surface area contributed by atoms with Gasteiger partial charge in [-0.3, -0.25) is 4.79 Å². The Balaban J connectivity index is 1.10. The maximum atomic E-state index is 12.2. The number of nitrogens with zero attached hydrogens (tertiary/aromatic N) is 5. The highest BCUT2D eigenvalue weighted by molar-refractivity contribution is 5.75. The Morgan fingerprint density at radius 3 is 2.16 bits per heavy atom. The second kappa shape index (κ2) is 19.5. The van der Waals surface area contributed by atoms with Crippen LogP contribution in [0.4, 0.5) is 4.79 Å². The summed E-state index contributed by atoms with van der Waals surface area (Å²) in [6.45, 7) is 12.3. The van der Waals surface area contributed by atoms with Crippen LogP contribution in [0.5, 0.6) is 5.88 Å². The van der Waals surface area contributed by atoms with E-state index in [0.717, 1.165) is 48.1 Å². The van der Waals surface area contributed by atoms with Gasteiger partial charge in [-0.1, -0.05) is 74.5 Å². The first-order valence-corrected chi connectivity index (χ1v) is 17.8. The van der Waals surface area contributed by atoms with Gasteiger partial charge in [0.05, 0.1) is 32.1 Å². The van der Waals surface area contributed by atoms with Crippen molar-refractivity contribution in [2.45, 2.75) is 90.7 Å². The van der Waals surface area contributed by atoms with Crippen LogP contribution >= 0.6 is 0 Å². The van der Waals surface area contributed by atoms with Crippen molar-refractivity contribution in [1.82, 2.24) is 35.8 Å². The van der Waals surface area contributed by atoms with E-state index in [1.165, 1.54) is 0 Å². The van der Waals surface area contributed by atoms with Crippen molar-refractivity contribution in [2.75, 3.05) is 32.9 Å². The fraction of sp³-hybridized carbons (Fsp3) is 0.487. The van der Waals surface area contributed by atoms with Crippen molar-refractivity contribution in [3.05, 3.63) is 78.6 Å². The largest absolute Gasteiger partial charge is 0.478 e. The van der Waals surface area contributed by atoms with Crippen LogP contribution in [0, 0.1) is 0 Å². The molecule has 2 amide bonds. The maximum Gasteiger partial charge on any atom is 0.407 e. The predicted molar refractivity (Wildman–Crippen MR) is 197 cm³/mol. The van der Waals surface area contributed by atoms with Crippen LogP contribution in [0.3, 0.4) is 0 Å². The van der Waals surface area contributed by atoms with E-state index < -0.39 is 11.7 Å². The number of hydrogen-bond donors (Lipinski definition) is 2. The molecule has 0 fully saturated rings. The highest BCUT2D eigenvalue weighted by atomic mass is 16.6. The molecule has 4 aromatic rings. The summed E-state index contributed by atoms with van der Waals surface area (Å²) < 4.78 is 16.8. The molecule has 2 aromatic carbocycles. The maximum absolute atomic E-state index is 12.2. The van der Waals surface area contributed by atoms with E-state index in [2.05, 4.69) is 70.2 Å². The number of rotatable bonds is 20. The number of pyridine rings is 1. The molecule has 4 rings (SSSR count). The number of benzene rings is 2. The molecule has 0 atom stereocenters. The van der Waals surface area contributed by atoms with Gasteiger partial charge in [-0.25, -0.2) is 9.78 Å². The van der Waals surface area contributed by atoms with E-state index in [9.17, 15) is 9.59 Å². The lowest BCUT2D eigenvalue weighted by Crippen LogP contribution is -2.34. The number of alkyl carbamates (subject to hydrolysis) is 1. The number of nitrogens with one attached hydrogen (secondary N) is 2. The van der Waals surface area contributed by atoms with Crippen LogP contribution in [-0.4, -0.2) is 75.7 Å².